The second kappa shape index (κ2) is 7.63. The van der Waals surface area contributed by atoms with Crippen LogP contribution in [-0.4, -0.2) is 57.9 Å². The Morgan fingerprint density at radius 1 is 1.19 bits per heavy atom. The Labute approximate surface area is 128 Å². The number of hydrogen-bond donors (Lipinski definition) is 2. The molecule has 0 fully saturated rings. The van der Waals surface area contributed by atoms with Crippen LogP contribution in [-0.2, 0) is 10.0 Å². The molecular formula is C14H26N4O2S. The van der Waals surface area contributed by atoms with Crippen molar-refractivity contribution in [2.24, 2.45) is 0 Å². The Hall–Kier alpha value is -1.31. The van der Waals surface area contributed by atoms with E-state index in [0.29, 0.717) is 5.69 Å². The molecule has 1 aromatic carbocycles. The van der Waals surface area contributed by atoms with E-state index < -0.39 is 10.0 Å². The molecule has 21 heavy (non-hydrogen) atoms. The van der Waals surface area contributed by atoms with Crippen molar-refractivity contribution in [3.8, 4) is 0 Å². The molecule has 0 heterocycles. The first-order valence-electron chi connectivity index (χ1n) is 7.11. The SMILES string of the molecule is CCN(CC)CCNc1cccc(S(=O)(=O)N(C)C)c1N. The third-order valence-corrected chi connectivity index (χ3v) is 5.34. The number of nitrogens with one attached hydrogen (secondary N) is 1. The van der Waals surface area contributed by atoms with Gasteiger partial charge in [-0.1, -0.05) is 19.9 Å². The minimum Gasteiger partial charge on any atom is -0.396 e. The fourth-order valence-corrected chi connectivity index (χ4v) is 3.04. The van der Waals surface area contributed by atoms with Crippen LogP contribution in [0, 0.1) is 0 Å². The molecule has 6 nitrogen and oxygen atoms in total. The number of anilines is 2. The molecule has 0 aliphatic heterocycles. The summed E-state index contributed by atoms with van der Waals surface area (Å²) in [7, 11) is -0.532. The van der Waals surface area contributed by atoms with Gasteiger partial charge in [0.1, 0.15) is 4.90 Å². The number of para-hydroxylation sites is 1. The lowest BCUT2D eigenvalue weighted by Gasteiger charge is -2.20. The fourth-order valence-electron chi connectivity index (χ4n) is 2.01. The summed E-state index contributed by atoms with van der Waals surface area (Å²) in [5, 5.41) is 3.21. The topological polar surface area (TPSA) is 78.7 Å². The maximum atomic E-state index is 12.2. The highest BCUT2D eigenvalue weighted by Gasteiger charge is 2.21. The van der Waals surface area contributed by atoms with Gasteiger partial charge in [0.05, 0.1) is 11.4 Å². The van der Waals surface area contributed by atoms with Gasteiger partial charge >= 0.3 is 0 Å². The summed E-state index contributed by atoms with van der Waals surface area (Å²) in [6.07, 6.45) is 0. The highest BCUT2D eigenvalue weighted by Crippen LogP contribution is 2.27. The first-order valence-corrected chi connectivity index (χ1v) is 8.55. The molecule has 0 bridgehead atoms. The Morgan fingerprint density at radius 2 is 1.81 bits per heavy atom. The number of likely N-dealkylation sites (N-methyl/N-ethyl adjacent to an activating group) is 1. The Bertz CT molecular complexity index is 554. The number of hydrogen-bond acceptors (Lipinski definition) is 5. The molecule has 0 spiro atoms. The van der Waals surface area contributed by atoms with Crippen LogP contribution in [0.1, 0.15) is 13.8 Å². The van der Waals surface area contributed by atoms with Crippen molar-refractivity contribution in [1.29, 1.82) is 0 Å². The normalized spacial score (nSPS) is 12.1. The smallest absolute Gasteiger partial charge is 0.244 e. The lowest BCUT2D eigenvalue weighted by molar-refractivity contribution is 0.316. The van der Waals surface area contributed by atoms with Crippen molar-refractivity contribution in [2.45, 2.75) is 18.7 Å². The molecule has 0 radical (unpaired) electrons. The number of rotatable bonds is 8. The van der Waals surface area contributed by atoms with Gasteiger partial charge in [0.2, 0.25) is 10.0 Å². The molecular weight excluding hydrogens is 288 g/mol. The number of nitrogens with two attached hydrogens (primary N) is 1. The Morgan fingerprint density at radius 3 is 2.33 bits per heavy atom. The maximum Gasteiger partial charge on any atom is 0.244 e. The molecule has 1 aromatic rings. The van der Waals surface area contributed by atoms with Crippen LogP contribution in [0.5, 0.6) is 0 Å². The van der Waals surface area contributed by atoms with E-state index >= 15 is 0 Å². The van der Waals surface area contributed by atoms with E-state index in [9.17, 15) is 8.42 Å². The monoisotopic (exact) mass is 314 g/mol. The fraction of sp³-hybridized carbons (Fsp3) is 0.571. The van der Waals surface area contributed by atoms with Crippen molar-refractivity contribution in [3.05, 3.63) is 18.2 Å². The molecule has 0 saturated carbocycles. The summed E-state index contributed by atoms with van der Waals surface area (Å²) in [5.41, 5.74) is 6.93. The van der Waals surface area contributed by atoms with Crippen LogP contribution in [0.2, 0.25) is 0 Å². The van der Waals surface area contributed by atoms with Crippen molar-refractivity contribution in [3.63, 3.8) is 0 Å². The highest BCUT2D eigenvalue weighted by molar-refractivity contribution is 7.89. The van der Waals surface area contributed by atoms with Crippen LogP contribution < -0.4 is 11.1 Å². The largest absolute Gasteiger partial charge is 0.396 e. The number of sulfonamides is 1. The predicted molar refractivity (Wildman–Crippen MR) is 88.0 cm³/mol. The van der Waals surface area contributed by atoms with Gasteiger partial charge in [0.15, 0.2) is 0 Å². The van der Waals surface area contributed by atoms with Crippen molar-refractivity contribution in [1.82, 2.24) is 9.21 Å². The van der Waals surface area contributed by atoms with Crippen LogP contribution >= 0.6 is 0 Å². The van der Waals surface area contributed by atoms with E-state index in [-0.39, 0.29) is 10.6 Å². The predicted octanol–water partition coefficient (Wildman–Crippen LogP) is 1.27. The van der Waals surface area contributed by atoms with E-state index in [0.717, 1.165) is 26.2 Å². The minimum absolute atomic E-state index is 0.139. The minimum atomic E-state index is -3.52. The van der Waals surface area contributed by atoms with Crippen molar-refractivity contribution >= 4 is 21.4 Å². The van der Waals surface area contributed by atoms with E-state index in [2.05, 4.69) is 24.1 Å². The van der Waals surface area contributed by atoms with Gasteiger partial charge < -0.3 is 16.0 Å². The van der Waals surface area contributed by atoms with E-state index in [1.54, 1.807) is 12.1 Å². The molecule has 0 atom stereocenters. The maximum absolute atomic E-state index is 12.2. The molecule has 0 aliphatic rings. The third kappa shape index (κ3) is 4.33. The third-order valence-electron chi connectivity index (χ3n) is 3.46. The van der Waals surface area contributed by atoms with Gasteiger partial charge in [0.25, 0.3) is 0 Å². The molecule has 0 amide bonds. The molecule has 3 N–H and O–H groups in total. The molecule has 1 rings (SSSR count). The van der Waals surface area contributed by atoms with Gasteiger partial charge in [-0.2, -0.15) is 0 Å². The van der Waals surface area contributed by atoms with Gasteiger partial charge in [-0.15, -0.1) is 0 Å². The molecule has 0 unspecified atom stereocenters. The molecule has 7 heteroatoms. The number of nitrogen functional groups attached to an aromatic ring is 1. The van der Waals surface area contributed by atoms with Crippen molar-refractivity contribution < 1.29 is 8.42 Å². The summed E-state index contributed by atoms with van der Waals surface area (Å²) in [6, 6.07) is 5.03. The van der Waals surface area contributed by atoms with Crippen LogP contribution in [0.25, 0.3) is 0 Å². The van der Waals surface area contributed by atoms with E-state index in [4.69, 9.17) is 5.73 Å². The van der Waals surface area contributed by atoms with Gasteiger partial charge in [-0.3, -0.25) is 0 Å². The molecule has 120 valence electrons. The average Bonchev–Trinajstić information content (AvgIpc) is 2.44. The van der Waals surface area contributed by atoms with Crippen LogP contribution in [0.3, 0.4) is 0 Å². The average molecular weight is 314 g/mol. The van der Waals surface area contributed by atoms with Crippen molar-refractivity contribution in [2.75, 3.05) is 51.3 Å². The van der Waals surface area contributed by atoms with Crippen LogP contribution in [0.4, 0.5) is 11.4 Å². The summed E-state index contributed by atoms with van der Waals surface area (Å²) in [6.45, 7) is 7.81. The standard InChI is InChI=1S/C14H26N4O2S/c1-5-18(6-2)11-10-16-12-8-7-9-13(14(12)15)21(19,20)17(3)4/h7-9,16H,5-6,10-11,15H2,1-4H3. The van der Waals surface area contributed by atoms with Gasteiger partial charge in [-0.05, 0) is 25.2 Å². The molecule has 0 saturated heterocycles. The van der Waals surface area contributed by atoms with E-state index in [1.807, 2.05) is 0 Å². The summed E-state index contributed by atoms with van der Waals surface area (Å²) in [5.74, 6) is 0. The lowest BCUT2D eigenvalue weighted by Crippen LogP contribution is -2.29. The van der Waals surface area contributed by atoms with Gasteiger partial charge in [0, 0.05) is 27.2 Å². The zero-order valence-corrected chi connectivity index (χ0v) is 14.1. The van der Waals surface area contributed by atoms with E-state index in [1.165, 1.54) is 24.5 Å². The zero-order valence-electron chi connectivity index (χ0n) is 13.3. The lowest BCUT2D eigenvalue weighted by atomic mass is 10.2. The van der Waals surface area contributed by atoms with Crippen LogP contribution in [0.15, 0.2) is 23.1 Å². The molecule has 0 aliphatic carbocycles. The summed E-state index contributed by atoms with van der Waals surface area (Å²) >= 11 is 0. The van der Waals surface area contributed by atoms with Gasteiger partial charge in [-0.25, -0.2) is 12.7 Å². The second-order valence-corrected chi connectivity index (χ2v) is 7.08. The first kappa shape index (κ1) is 17.7. The Balaban J connectivity index is 2.87. The zero-order chi connectivity index (χ0) is 16.0. The highest BCUT2D eigenvalue weighted by atomic mass is 32.2. The summed E-state index contributed by atoms with van der Waals surface area (Å²) < 4.78 is 25.5. The summed E-state index contributed by atoms with van der Waals surface area (Å²) in [4.78, 5) is 2.42. The quantitative estimate of drug-likeness (QED) is 0.707. The number of nitrogens with zero attached hydrogens (tertiary/aromatic N) is 2. The second-order valence-electron chi connectivity index (χ2n) is 4.96. The first-order chi connectivity index (χ1) is 9.84. The number of benzene rings is 1. The molecule has 0 aromatic heterocycles. The Kier molecular flexibility index (Phi) is 6.44.